The number of nitrogens with zero attached hydrogens (tertiary/aromatic N) is 1. The largest absolute Gasteiger partial charge is 0.481 e. The fourth-order valence-electron chi connectivity index (χ4n) is 2.59. The molecule has 1 saturated heterocycles. The van der Waals surface area contributed by atoms with E-state index in [1.807, 2.05) is 18.7 Å². The van der Waals surface area contributed by atoms with Crippen molar-refractivity contribution in [2.45, 2.75) is 45.7 Å². The van der Waals surface area contributed by atoms with Crippen LogP contribution in [0.1, 0.15) is 33.6 Å². The fraction of sp³-hybridized carbons (Fsp3) is 0.857. The summed E-state index contributed by atoms with van der Waals surface area (Å²) in [7, 11) is 0. The first kappa shape index (κ1) is 16.9. The number of aliphatic carboxylic acids is 1. The topological polar surface area (TPSA) is 78.9 Å². The molecular weight excluding hydrogens is 260 g/mol. The van der Waals surface area contributed by atoms with Gasteiger partial charge < -0.3 is 15.2 Å². The van der Waals surface area contributed by atoms with Crippen LogP contribution in [-0.2, 0) is 14.3 Å². The SMILES string of the molecule is CCCCNC(=O)C(C)N(CC)C1COCC1C(=O)O. The van der Waals surface area contributed by atoms with Gasteiger partial charge in [0.25, 0.3) is 0 Å². The number of carbonyl (C=O) groups excluding carboxylic acids is 1. The minimum atomic E-state index is -0.857. The highest BCUT2D eigenvalue weighted by molar-refractivity contribution is 5.81. The number of carbonyl (C=O) groups is 2. The molecule has 1 aliphatic heterocycles. The van der Waals surface area contributed by atoms with Crippen LogP contribution in [0, 0.1) is 5.92 Å². The first-order chi connectivity index (χ1) is 9.52. The molecule has 6 nitrogen and oxygen atoms in total. The summed E-state index contributed by atoms with van der Waals surface area (Å²) in [5, 5.41) is 12.1. The van der Waals surface area contributed by atoms with Crippen molar-refractivity contribution in [3.8, 4) is 0 Å². The molecule has 0 aromatic heterocycles. The maximum absolute atomic E-state index is 12.1. The van der Waals surface area contributed by atoms with Crippen LogP contribution in [0.15, 0.2) is 0 Å². The van der Waals surface area contributed by atoms with E-state index in [2.05, 4.69) is 12.2 Å². The fourth-order valence-corrected chi connectivity index (χ4v) is 2.59. The molecule has 1 fully saturated rings. The summed E-state index contributed by atoms with van der Waals surface area (Å²) >= 11 is 0. The second-order valence-electron chi connectivity index (χ2n) is 5.20. The van der Waals surface area contributed by atoms with Crippen molar-refractivity contribution in [3.63, 3.8) is 0 Å². The third-order valence-electron chi connectivity index (χ3n) is 3.87. The Morgan fingerprint density at radius 2 is 2.10 bits per heavy atom. The van der Waals surface area contributed by atoms with Crippen LogP contribution in [0.4, 0.5) is 0 Å². The summed E-state index contributed by atoms with van der Waals surface area (Å²) in [5.41, 5.74) is 0. The zero-order valence-corrected chi connectivity index (χ0v) is 12.6. The number of carboxylic acids is 1. The molecular formula is C14H26N2O4. The summed E-state index contributed by atoms with van der Waals surface area (Å²) in [6.45, 7) is 7.72. The Balaban J connectivity index is 2.64. The van der Waals surface area contributed by atoms with Gasteiger partial charge in [-0.3, -0.25) is 14.5 Å². The monoisotopic (exact) mass is 286 g/mol. The van der Waals surface area contributed by atoms with Crippen molar-refractivity contribution in [3.05, 3.63) is 0 Å². The minimum absolute atomic E-state index is 0.0451. The zero-order valence-electron chi connectivity index (χ0n) is 12.6. The lowest BCUT2D eigenvalue weighted by Crippen LogP contribution is -2.53. The molecule has 116 valence electrons. The van der Waals surface area contributed by atoms with Crippen LogP contribution in [0.25, 0.3) is 0 Å². The summed E-state index contributed by atoms with van der Waals surface area (Å²) in [6.07, 6.45) is 1.98. The van der Waals surface area contributed by atoms with Gasteiger partial charge in [0.1, 0.15) is 0 Å². The quantitative estimate of drug-likeness (QED) is 0.643. The van der Waals surface area contributed by atoms with Crippen LogP contribution in [0.5, 0.6) is 0 Å². The molecule has 0 aliphatic carbocycles. The summed E-state index contributed by atoms with van der Waals surface area (Å²) in [5.74, 6) is -1.46. The van der Waals surface area contributed by atoms with Gasteiger partial charge in [-0.25, -0.2) is 0 Å². The number of amides is 1. The van der Waals surface area contributed by atoms with Gasteiger partial charge in [-0.2, -0.15) is 0 Å². The van der Waals surface area contributed by atoms with Crippen molar-refractivity contribution in [1.29, 1.82) is 0 Å². The van der Waals surface area contributed by atoms with Crippen molar-refractivity contribution < 1.29 is 19.4 Å². The number of carboxylic acid groups (broad SMARTS) is 1. The number of hydrogen-bond acceptors (Lipinski definition) is 4. The number of nitrogens with one attached hydrogen (secondary N) is 1. The molecule has 0 aromatic carbocycles. The van der Waals surface area contributed by atoms with Gasteiger partial charge in [0, 0.05) is 12.6 Å². The highest BCUT2D eigenvalue weighted by atomic mass is 16.5. The summed E-state index contributed by atoms with van der Waals surface area (Å²) < 4.78 is 5.29. The van der Waals surface area contributed by atoms with Crippen LogP contribution < -0.4 is 5.32 Å². The van der Waals surface area contributed by atoms with Gasteiger partial charge in [-0.1, -0.05) is 20.3 Å². The van der Waals surface area contributed by atoms with Gasteiger partial charge in [0.2, 0.25) is 5.91 Å². The molecule has 3 unspecified atom stereocenters. The molecule has 6 heteroatoms. The van der Waals surface area contributed by atoms with Gasteiger partial charge in [-0.05, 0) is 19.9 Å². The molecule has 0 bridgehead atoms. The molecule has 1 aliphatic rings. The van der Waals surface area contributed by atoms with E-state index in [1.54, 1.807) is 0 Å². The molecule has 20 heavy (non-hydrogen) atoms. The Hall–Kier alpha value is -1.14. The number of unbranched alkanes of at least 4 members (excludes halogenated alkanes) is 1. The maximum atomic E-state index is 12.1. The third-order valence-corrected chi connectivity index (χ3v) is 3.87. The van der Waals surface area contributed by atoms with Crippen molar-refractivity contribution in [1.82, 2.24) is 10.2 Å². The Bertz CT molecular complexity index is 335. The number of rotatable bonds is 8. The van der Waals surface area contributed by atoms with Gasteiger partial charge in [-0.15, -0.1) is 0 Å². The van der Waals surface area contributed by atoms with E-state index in [9.17, 15) is 14.7 Å². The highest BCUT2D eigenvalue weighted by Gasteiger charge is 2.40. The molecule has 0 radical (unpaired) electrons. The Morgan fingerprint density at radius 3 is 2.65 bits per heavy atom. The normalized spacial score (nSPS) is 23.8. The summed E-state index contributed by atoms with van der Waals surface area (Å²) in [6, 6.07) is -0.574. The lowest BCUT2D eigenvalue weighted by atomic mass is 10.0. The van der Waals surface area contributed by atoms with E-state index in [0.717, 1.165) is 12.8 Å². The Labute approximate surface area is 120 Å². The molecule has 1 heterocycles. The smallest absolute Gasteiger partial charge is 0.310 e. The molecule has 1 amide bonds. The molecule has 0 saturated carbocycles. The van der Waals surface area contributed by atoms with E-state index in [4.69, 9.17) is 4.74 Å². The lowest BCUT2D eigenvalue weighted by Gasteiger charge is -2.33. The van der Waals surface area contributed by atoms with Gasteiger partial charge in [0.15, 0.2) is 0 Å². The molecule has 0 spiro atoms. The van der Waals surface area contributed by atoms with E-state index >= 15 is 0 Å². The maximum Gasteiger partial charge on any atom is 0.310 e. The average molecular weight is 286 g/mol. The van der Waals surface area contributed by atoms with Gasteiger partial charge in [0.05, 0.1) is 25.2 Å². The number of hydrogen-bond donors (Lipinski definition) is 2. The van der Waals surface area contributed by atoms with Crippen molar-refractivity contribution >= 4 is 11.9 Å². The zero-order chi connectivity index (χ0) is 15.1. The second-order valence-corrected chi connectivity index (χ2v) is 5.20. The number of likely N-dealkylation sites (N-methyl/N-ethyl adjacent to an activating group) is 1. The molecule has 2 N–H and O–H groups in total. The third kappa shape index (κ3) is 4.18. The van der Waals surface area contributed by atoms with Crippen LogP contribution >= 0.6 is 0 Å². The Kier molecular flexibility index (Phi) is 6.95. The molecule has 3 atom stereocenters. The predicted molar refractivity (Wildman–Crippen MR) is 75.5 cm³/mol. The summed E-state index contributed by atoms with van der Waals surface area (Å²) in [4.78, 5) is 25.3. The lowest BCUT2D eigenvalue weighted by molar-refractivity contribution is -0.144. The van der Waals surface area contributed by atoms with Crippen LogP contribution in [-0.4, -0.2) is 60.3 Å². The van der Waals surface area contributed by atoms with Crippen molar-refractivity contribution in [2.24, 2.45) is 5.92 Å². The second kappa shape index (κ2) is 8.21. The van der Waals surface area contributed by atoms with E-state index in [-0.39, 0.29) is 24.6 Å². The first-order valence-electron chi connectivity index (χ1n) is 7.36. The predicted octanol–water partition coefficient (Wildman–Crippen LogP) is 0.713. The average Bonchev–Trinajstić information content (AvgIpc) is 2.89. The van der Waals surface area contributed by atoms with Crippen LogP contribution in [0.3, 0.4) is 0 Å². The Morgan fingerprint density at radius 1 is 1.40 bits per heavy atom. The van der Waals surface area contributed by atoms with Gasteiger partial charge >= 0.3 is 5.97 Å². The molecule has 1 rings (SSSR count). The van der Waals surface area contributed by atoms with E-state index in [1.165, 1.54) is 0 Å². The van der Waals surface area contributed by atoms with Crippen molar-refractivity contribution in [2.75, 3.05) is 26.3 Å². The standard InChI is InChI=1S/C14H26N2O4/c1-4-6-7-15-13(17)10(3)16(5-2)12-9-20-8-11(12)14(18)19/h10-12H,4-9H2,1-3H3,(H,15,17)(H,18,19). The van der Waals surface area contributed by atoms with E-state index in [0.29, 0.717) is 19.7 Å². The highest BCUT2D eigenvalue weighted by Crippen LogP contribution is 2.22. The number of ether oxygens (including phenoxy) is 1. The first-order valence-corrected chi connectivity index (χ1v) is 7.36. The molecule has 0 aromatic rings. The minimum Gasteiger partial charge on any atom is -0.481 e. The van der Waals surface area contributed by atoms with E-state index < -0.39 is 11.9 Å². The van der Waals surface area contributed by atoms with Crippen LogP contribution in [0.2, 0.25) is 0 Å².